The van der Waals surface area contributed by atoms with Crippen LogP contribution in [-0.2, 0) is 4.79 Å². The Hall–Kier alpha value is -3.02. The van der Waals surface area contributed by atoms with Gasteiger partial charge in [0.25, 0.3) is 5.91 Å². The lowest BCUT2D eigenvalue weighted by molar-refractivity contribution is -0.117. The van der Waals surface area contributed by atoms with Crippen LogP contribution in [0, 0.1) is 6.92 Å². The number of carbonyl (C=O) groups is 2. The Morgan fingerprint density at radius 1 is 1.07 bits per heavy atom. The van der Waals surface area contributed by atoms with Crippen LogP contribution in [0.25, 0.3) is 0 Å². The van der Waals surface area contributed by atoms with Gasteiger partial charge in [-0.25, -0.2) is 0 Å². The molecule has 0 spiro atoms. The first-order valence-electron chi connectivity index (χ1n) is 9.59. The third kappa shape index (κ3) is 4.44. The van der Waals surface area contributed by atoms with Crippen molar-refractivity contribution in [2.45, 2.75) is 33.2 Å². The van der Waals surface area contributed by atoms with E-state index in [1.807, 2.05) is 45.0 Å². The normalized spacial score (nSPS) is 16.2. The molecule has 28 heavy (non-hydrogen) atoms. The standard InChI is InChI=1S/C22H26N2O4/c1-4-27-19-11-8-16(12-20(19)28-5-2)22(26)23-17-13-21(25)24(14-17)18-9-6-15(3)7-10-18/h6-12,17H,4-5,13-14H2,1-3H3,(H,23,26)/t17-/m1/s1. The van der Waals surface area contributed by atoms with Crippen LogP contribution in [0.4, 0.5) is 5.69 Å². The molecule has 2 aromatic rings. The van der Waals surface area contributed by atoms with Gasteiger partial charge >= 0.3 is 0 Å². The molecule has 0 aromatic heterocycles. The molecule has 1 aliphatic rings. The van der Waals surface area contributed by atoms with Gasteiger partial charge in [0.15, 0.2) is 11.5 Å². The first kappa shape index (κ1) is 19.7. The highest BCUT2D eigenvalue weighted by Crippen LogP contribution is 2.29. The molecule has 1 fully saturated rings. The van der Waals surface area contributed by atoms with Crippen LogP contribution in [0.1, 0.15) is 36.2 Å². The second-order valence-electron chi connectivity index (χ2n) is 6.74. The van der Waals surface area contributed by atoms with Gasteiger partial charge in [-0.05, 0) is 51.1 Å². The third-order valence-electron chi connectivity index (χ3n) is 4.61. The molecule has 0 bridgehead atoms. The molecular formula is C22H26N2O4. The highest BCUT2D eigenvalue weighted by atomic mass is 16.5. The molecule has 148 valence electrons. The maximum atomic E-state index is 12.7. The molecule has 0 aliphatic carbocycles. The molecule has 1 N–H and O–H groups in total. The second kappa shape index (κ2) is 8.78. The number of aryl methyl sites for hydroxylation is 1. The van der Waals surface area contributed by atoms with E-state index < -0.39 is 0 Å². The van der Waals surface area contributed by atoms with Crippen LogP contribution >= 0.6 is 0 Å². The Labute approximate surface area is 165 Å². The molecule has 1 heterocycles. The van der Waals surface area contributed by atoms with Crippen molar-refractivity contribution < 1.29 is 19.1 Å². The summed E-state index contributed by atoms with van der Waals surface area (Å²) >= 11 is 0. The Bertz CT molecular complexity index is 848. The maximum Gasteiger partial charge on any atom is 0.251 e. The van der Waals surface area contributed by atoms with Gasteiger partial charge in [-0.1, -0.05) is 17.7 Å². The van der Waals surface area contributed by atoms with Crippen molar-refractivity contribution in [3.8, 4) is 11.5 Å². The minimum absolute atomic E-state index is 0.0100. The zero-order valence-corrected chi connectivity index (χ0v) is 16.5. The number of carbonyl (C=O) groups excluding carboxylic acids is 2. The number of rotatable bonds is 7. The number of anilines is 1. The van der Waals surface area contributed by atoms with Gasteiger partial charge in [-0.3, -0.25) is 9.59 Å². The first-order chi connectivity index (χ1) is 13.5. The van der Waals surface area contributed by atoms with Crippen molar-refractivity contribution in [3.63, 3.8) is 0 Å². The molecule has 2 amide bonds. The number of amides is 2. The fraction of sp³-hybridized carbons (Fsp3) is 0.364. The summed E-state index contributed by atoms with van der Waals surface area (Å²) in [6.07, 6.45) is 0.287. The highest BCUT2D eigenvalue weighted by Gasteiger charge is 2.31. The van der Waals surface area contributed by atoms with E-state index in [4.69, 9.17) is 9.47 Å². The van der Waals surface area contributed by atoms with Crippen molar-refractivity contribution >= 4 is 17.5 Å². The van der Waals surface area contributed by atoms with E-state index in [0.29, 0.717) is 36.8 Å². The van der Waals surface area contributed by atoms with Crippen LogP contribution in [0.5, 0.6) is 11.5 Å². The Morgan fingerprint density at radius 2 is 1.75 bits per heavy atom. The number of nitrogens with zero attached hydrogens (tertiary/aromatic N) is 1. The van der Waals surface area contributed by atoms with Crippen molar-refractivity contribution in [2.75, 3.05) is 24.7 Å². The van der Waals surface area contributed by atoms with E-state index in [2.05, 4.69) is 5.32 Å². The minimum Gasteiger partial charge on any atom is -0.490 e. The minimum atomic E-state index is -0.233. The average Bonchev–Trinajstić information content (AvgIpc) is 3.04. The lowest BCUT2D eigenvalue weighted by Gasteiger charge is -2.18. The summed E-state index contributed by atoms with van der Waals surface area (Å²) in [5.74, 6) is 0.937. The summed E-state index contributed by atoms with van der Waals surface area (Å²) in [6.45, 7) is 7.24. The average molecular weight is 382 g/mol. The quantitative estimate of drug-likeness (QED) is 0.798. The van der Waals surface area contributed by atoms with Crippen LogP contribution in [0.3, 0.4) is 0 Å². The van der Waals surface area contributed by atoms with Crippen molar-refractivity contribution in [2.24, 2.45) is 0 Å². The zero-order chi connectivity index (χ0) is 20.1. The molecule has 0 unspecified atom stereocenters. The SMILES string of the molecule is CCOc1ccc(C(=O)N[C@@H]2CC(=O)N(c3ccc(C)cc3)C2)cc1OCC. The van der Waals surface area contributed by atoms with Crippen LogP contribution in [0.2, 0.25) is 0 Å². The molecule has 1 aliphatic heterocycles. The van der Waals surface area contributed by atoms with Gasteiger partial charge < -0.3 is 19.7 Å². The lowest BCUT2D eigenvalue weighted by Crippen LogP contribution is -2.37. The summed E-state index contributed by atoms with van der Waals surface area (Å²) in [4.78, 5) is 26.8. The molecular weight excluding hydrogens is 356 g/mol. The largest absolute Gasteiger partial charge is 0.490 e. The monoisotopic (exact) mass is 382 g/mol. The van der Waals surface area contributed by atoms with Gasteiger partial charge in [-0.15, -0.1) is 0 Å². The van der Waals surface area contributed by atoms with E-state index in [0.717, 1.165) is 11.3 Å². The fourth-order valence-corrected chi connectivity index (χ4v) is 3.24. The van der Waals surface area contributed by atoms with Crippen LogP contribution in [0.15, 0.2) is 42.5 Å². The molecule has 1 saturated heterocycles. The topological polar surface area (TPSA) is 67.9 Å². The predicted molar refractivity (Wildman–Crippen MR) is 108 cm³/mol. The van der Waals surface area contributed by atoms with E-state index in [9.17, 15) is 9.59 Å². The fourth-order valence-electron chi connectivity index (χ4n) is 3.24. The van der Waals surface area contributed by atoms with E-state index in [1.54, 1.807) is 23.1 Å². The molecule has 0 saturated carbocycles. The number of ether oxygens (including phenoxy) is 2. The smallest absolute Gasteiger partial charge is 0.251 e. The van der Waals surface area contributed by atoms with E-state index in [1.165, 1.54) is 0 Å². The Kier molecular flexibility index (Phi) is 6.19. The van der Waals surface area contributed by atoms with E-state index >= 15 is 0 Å². The Morgan fingerprint density at radius 3 is 2.43 bits per heavy atom. The molecule has 2 aromatic carbocycles. The number of benzene rings is 2. The molecule has 6 nitrogen and oxygen atoms in total. The maximum absolute atomic E-state index is 12.7. The first-order valence-corrected chi connectivity index (χ1v) is 9.59. The summed E-state index contributed by atoms with van der Waals surface area (Å²) in [6, 6.07) is 12.7. The van der Waals surface area contributed by atoms with Gasteiger partial charge in [0.2, 0.25) is 5.91 Å². The van der Waals surface area contributed by atoms with Crippen molar-refractivity contribution in [3.05, 3.63) is 53.6 Å². The molecule has 3 rings (SSSR count). The summed E-state index contributed by atoms with van der Waals surface area (Å²) in [5, 5.41) is 2.96. The number of hydrogen-bond donors (Lipinski definition) is 1. The van der Waals surface area contributed by atoms with Crippen LogP contribution < -0.4 is 19.7 Å². The van der Waals surface area contributed by atoms with Gasteiger partial charge in [0.05, 0.1) is 19.3 Å². The Balaban J connectivity index is 1.68. The molecule has 1 atom stereocenters. The number of nitrogens with one attached hydrogen (secondary N) is 1. The zero-order valence-electron chi connectivity index (χ0n) is 16.5. The summed E-state index contributed by atoms with van der Waals surface area (Å²) in [7, 11) is 0. The summed E-state index contributed by atoms with van der Waals surface area (Å²) < 4.78 is 11.1. The number of hydrogen-bond acceptors (Lipinski definition) is 4. The second-order valence-corrected chi connectivity index (χ2v) is 6.74. The lowest BCUT2D eigenvalue weighted by atomic mass is 10.1. The molecule has 0 radical (unpaired) electrons. The highest BCUT2D eigenvalue weighted by molar-refractivity contribution is 5.99. The van der Waals surface area contributed by atoms with Crippen molar-refractivity contribution in [1.82, 2.24) is 5.32 Å². The van der Waals surface area contributed by atoms with Gasteiger partial charge in [-0.2, -0.15) is 0 Å². The predicted octanol–water partition coefficient (Wildman–Crippen LogP) is 3.33. The third-order valence-corrected chi connectivity index (χ3v) is 4.61. The van der Waals surface area contributed by atoms with Crippen molar-refractivity contribution in [1.29, 1.82) is 0 Å². The van der Waals surface area contributed by atoms with Gasteiger partial charge in [0, 0.05) is 24.2 Å². The van der Waals surface area contributed by atoms with Crippen LogP contribution in [-0.4, -0.2) is 37.6 Å². The molecule has 6 heteroatoms. The van der Waals surface area contributed by atoms with E-state index in [-0.39, 0.29) is 24.3 Å². The summed E-state index contributed by atoms with van der Waals surface area (Å²) in [5.41, 5.74) is 2.47. The van der Waals surface area contributed by atoms with Gasteiger partial charge in [0.1, 0.15) is 0 Å².